The number of hydrogen-bond donors (Lipinski definition) is 5. The Morgan fingerprint density at radius 1 is 0.889 bits per heavy atom. The molecule has 0 unspecified atom stereocenters. The Bertz CT molecular complexity index is 257. The predicted molar refractivity (Wildman–Crippen MR) is 67.0 cm³/mol. The molecule has 5 N–H and O–H groups in total. The number of rotatable bonds is 4. The zero-order valence-electron chi connectivity index (χ0n) is 10.7. The van der Waals surface area contributed by atoms with E-state index in [9.17, 15) is 20.4 Å². The lowest BCUT2D eigenvalue weighted by atomic mass is 9.89. The molecule has 0 aliphatic heterocycles. The van der Waals surface area contributed by atoms with Gasteiger partial charge in [-0.1, -0.05) is 19.3 Å². The third-order valence-corrected chi connectivity index (χ3v) is 4.55. The minimum Gasteiger partial charge on any atom is -0.396 e. The van der Waals surface area contributed by atoms with Crippen LogP contribution in [0.5, 0.6) is 0 Å². The van der Waals surface area contributed by atoms with Crippen LogP contribution in [0.4, 0.5) is 0 Å². The summed E-state index contributed by atoms with van der Waals surface area (Å²) in [6.07, 6.45) is 3.01. The molecule has 0 aromatic rings. The van der Waals surface area contributed by atoms with Gasteiger partial charge < -0.3 is 25.7 Å². The van der Waals surface area contributed by atoms with Gasteiger partial charge in [-0.3, -0.25) is 0 Å². The SMILES string of the molecule is OC[C@@H]1[C@@H](O)[C@H](O)[C@@H](O)[C@@H]1NCC1CCCCC1. The van der Waals surface area contributed by atoms with Crippen LogP contribution in [-0.2, 0) is 0 Å². The second-order valence-corrected chi connectivity index (χ2v) is 5.76. The molecule has 0 aromatic carbocycles. The molecule has 0 heterocycles. The lowest BCUT2D eigenvalue weighted by molar-refractivity contribution is -0.0312. The van der Waals surface area contributed by atoms with Gasteiger partial charge in [0.2, 0.25) is 0 Å². The maximum Gasteiger partial charge on any atom is 0.108 e. The van der Waals surface area contributed by atoms with E-state index in [1.807, 2.05) is 0 Å². The number of hydrogen-bond acceptors (Lipinski definition) is 5. The summed E-state index contributed by atoms with van der Waals surface area (Å²) in [5.74, 6) is 0.124. The molecule has 18 heavy (non-hydrogen) atoms. The van der Waals surface area contributed by atoms with Crippen LogP contribution < -0.4 is 5.32 Å². The molecular weight excluding hydrogens is 234 g/mol. The van der Waals surface area contributed by atoms with E-state index in [0.717, 1.165) is 6.54 Å². The van der Waals surface area contributed by atoms with Crippen LogP contribution in [0.1, 0.15) is 32.1 Å². The zero-order valence-corrected chi connectivity index (χ0v) is 10.7. The van der Waals surface area contributed by atoms with Crippen molar-refractivity contribution in [2.24, 2.45) is 11.8 Å². The second-order valence-electron chi connectivity index (χ2n) is 5.76. The van der Waals surface area contributed by atoms with Crippen molar-refractivity contribution in [1.29, 1.82) is 0 Å². The van der Waals surface area contributed by atoms with Crippen molar-refractivity contribution in [2.45, 2.75) is 56.5 Å². The third-order valence-electron chi connectivity index (χ3n) is 4.55. The Morgan fingerprint density at radius 3 is 2.17 bits per heavy atom. The second kappa shape index (κ2) is 6.30. The van der Waals surface area contributed by atoms with E-state index in [-0.39, 0.29) is 6.61 Å². The molecule has 0 amide bonds. The highest BCUT2D eigenvalue weighted by Gasteiger charge is 2.48. The molecule has 5 atom stereocenters. The van der Waals surface area contributed by atoms with Crippen LogP contribution in [0.15, 0.2) is 0 Å². The first kappa shape index (κ1) is 14.2. The summed E-state index contributed by atoms with van der Waals surface area (Å²) in [6, 6.07) is -0.415. The van der Waals surface area contributed by atoms with Crippen LogP contribution in [-0.4, -0.2) is 57.9 Å². The van der Waals surface area contributed by atoms with Crippen molar-refractivity contribution in [3.05, 3.63) is 0 Å². The Balaban J connectivity index is 1.86. The molecule has 2 aliphatic rings. The highest BCUT2D eigenvalue weighted by molar-refractivity contribution is 5.02. The minimum atomic E-state index is -1.16. The standard InChI is InChI=1S/C13H25NO4/c15-7-9-10(12(17)13(18)11(9)16)14-6-8-4-2-1-3-5-8/h8-18H,1-7H2/t9-,10+,11+,12-,13-/m0/s1. The summed E-state index contributed by atoms with van der Waals surface area (Å²) in [6.45, 7) is 0.565. The summed E-state index contributed by atoms with van der Waals surface area (Å²) in [5, 5.41) is 41.7. The average Bonchev–Trinajstić information content (AvgIpc) is 2.61. The topological polar surface area (TPSA) is 93.0 Å². The Kier molecular flexibility index (Phi) is 4.98. The van der Waals surface area contributed by atoms with E-state index in [1.54, 1.807) is 0 Å². The third kappa shape index (κ3) is 2.86. The molecule has 2 fully saturated rings. The number of aliphatic hydroxyl groups excluding tert-OH is 4. The van der Waals surface area contributed by atoms with Gasteiger partial charge in [0.1, 0.15) is 6.10 Å². The molecule has 2 saturated carbocycles. The molecule has 2 aliphatic carbocycles. The average molecular weight is 259 g/mol. The summed E-state index contributed by atoms with van der Waals surface area (Å²) in [4.78, 5) is 0. The minimum absolute atomic E-state index is 0.225. The van der Waals surface area contributed by atoms with Gasteiger partial charge in [-0.25, -0.2) is 0 Å². The van der Waals surface area contributed by atoms with E-state index in [0.29, 0.717) is 5.92 Å². The van der Waals surface area contributed by atoms with Crippen molar-refractivity contribution in [1.82, 2.24) is 5.32 Å². The van der Waals surface area contributed by atoms with E-state index < -0.39 is 30.3 Å². The number of aliphatic hydroxyl groups is 4. The molecule has 0 saturated heterocycles. The van der Waals surface area contributed by atoms with Crippen LogP contribution in [0.3, 0.4) is 0 Å². The molecule has 5 heteroatoms. The van der Waals surface area contributed by atoms with Gasteiger partial charge in [0.05, 0.1) is 18.8 Å². The fourth-order valence-corrected chi connectivity index (χ4v) is 3.32. The Morgan fingerprint density at radius 2 is 1.56 bits per heavy atom. The van der Waals surface area contributed by atoms with Gasteiger partial charge in [-0.05, 0) is 25.3 Å². The monoisotopic (exact) mass is 259 g/mol. The summed E-state index contributed by atoms with van der Waals surface area (Å²) in [5.41, 5.74) is 0. The maximum absolute atomic E-state index is 9.88. The van der Waals surface area contributed by atoms with Gasteiger partial charge in [0, 0.05) is 12.0 Å². The van der Waals surface area contributed by atoms with Gasteiger partial charge in [0.25, 0.3) is 0 Å². The first-order chi connectivity index (χ1) is 8.65. The summed E-state index contributed by atoms with van der Waals surface area (Å²) < 4.78 is 0. The van der Waals surface area contributed by atoms with Crippen LogP contribution in [0.2, 0.25) is 0 Å². The van der Waals surface area contributed by atoms with E-state index in [1.165, 1.54) is 32.1 Å². The van der Waals surface area contributed by atoms with Crippen LogP contribution >= 0.6 is 0 Å². The molecule has 0 radical (unpaired) electrons. The smallest absolute Gasteiger partial charge is 0.108 e. The van der Waals surface area contributed by atoms with Gasteiger partial charge in [0.15, 0.2) is 0 Å². The van der Waals surface area contributed by atoms with Crippen molar-refractivity contribution < 1.29 is 20.4 Å². The largest absolute Gasteiger partial charge is 0.396 e. The molecular formula is C13H25NO4. The molecule has 5 nitrogen and oxygen atoms in total. The van der Waals surface area contributed by atoms with Crippen molar-refractivity contribution in [3.8, 4) is 0 Å². The maximum atomic E-state index is 9.88. The van der Waals surface area contributed by atoms with E-state index in [4.69, 9.17) is 0 Å². The molecule has 0 bridgehead atoms. The highest BCUT2D eigenvalue weighted by Crippen LogP contribution is 2.28. The van der Waals surface area contributed by atoms with Crippen LogP contribution in [0, 0.1) is 11.8 Å². The Hall–Kier alpha value is -0.200. The van der Waals surface area contributed by atoms with Crippen molar-refractivity contribution in [2.75, 3.05) is 13.2 Å². The summed E-state index contributed by atoms with van der Waals surface area (Å²) in [7, 11) is 0. The predicted octanol–water partition coefficient (Wildman–Crippen LogP) is -0.770. The fourth-order valence-electron chi connectivity index (χ4n) is 3.32. The summed E-state index contributed by atoms with van der Waals surface area (Å²) >= 11 is 0. The first-order valence-electron chi connectivity index (χ1n) is 7.03. The van der Waals surface area contributed by atoms with Crippen molar-refractivity contribution >= 4 is 0 Å². The lowest BCUT2D eigenvalue weighted by Crippen LogP contribution is -2.45. The van der Waals surface area contributed by atoms with Gasteiger partial charge in [-0.2, -0.15) is 0 Å². The molecule has 106 valence electrons. The molecule has 0 spiro atoms. The van der Waals surface area contributed by atoms with E-state index >= 15 is 0 Å². The van der Waals surface area contributed by atoms with Crippen molar-refractivity contribution in [3.63, 3.8) is 0 Å². The number of nitrogens with one attached hydrogen (secondary N) is 1. The highest BCUT2D eigenvalue weighted by atomic mass is 16.4. The quantitative estimate of drug-likeness (QED) is 0.457. The van der Waals surface area contributed by atoms with Gasteiger partial charge in [-0.15, -0.1) is 0 Å². The van der Waals surface area contributed by atoms with Gasteiger partial charge >= 0.3 is 0 Å². The zero-order chi connectivity index (χ0) is 13.1. The first-order valence-corrected chi connectivity index (χ1v) is 7.03. The van der Waals surface area contributed by atoms with Crippen LogP contribution in [0.25, 0.3) is 0 Å². The molecule has 0 aromatic heterocycles. The lowest BCUT2D eigenvalue weighted by Gasteiger charge is -2.27. The Labute approximate surface area is 108 Å². The fraction of sp³-hybridized carbons (Fsp3) is 1.00. The normalized spacial score (nSPS) is 42.3. The van der Waals surface area contributed by atoms with E-state index in [2.05, 4.69) is 5.32 Å². The molecule has 2 rings (SSSR count).